The van der Waals surface area contributed by atoms with Crippen LogP contribution in [0.1, 0.15) is 21.5 Å². The molecule has 3 aromatic carbocycles. The number of carbonyl (C=O) groups excluding carboxylic acids is 1. The van der Waals surface area contributed by atoms with Crippen LogP contribution in [-0.4, -0.2) is 33.5 Å². The van der Waals surface area contributed by atoms with Crippen molar-refractivity contribution in [3.8, 4) is 23.0 Å². The summed E-state index contributed by atoms with van der Waals surface area (Å²) in [5.74, 6) is 0.844. The Labute approximate surface area is 195 Å². The molecule has 0 aliphatic rings. The Balaban J connectivity index is 1.69. The van der Waals surface area contributed by atoms with E-state index in [1.165, 1.54) is 39.7 Å². The van der Waals surface area contributed by atoms with E-state index in [2.05, 4.69) is 10.5 Å². The molecule has 0 bridgehead atoms. The van der Waals surface area contributed by atoms with Crippen molar-refractivity contribution in [2.45, 2.75) is 6.61 Å². The monoisotopic (exact) mass is 472 g/mol. The molecular formula is C24H22ClFN2O5. The number of hydrogen-bond acceptors (Lipinski definition) is 6. The van der Waals surface area contributed by atoms with Gasteiger partial charge < -0.3 is 18.9 Å². The van der Waals surface area contributed by atoms with Gasteiger partial charge in [-0.1, -0.05) is 23.7 Å². The molecule has 0 unspecified atom stereocenters. The van der Waals surface area contributed by atoms with Gasteiger partial charge in [-0.15, -0.1) is 0 Å². The van der Waals surface area contributed by atoms with Crippen molar-refractivity contribution < 1.29 is 28.1 Å². The quantitative estimate of drug-likeness (QED) is 0.356. The lowest BCUT2D eigenvalue weighted by Gasteiger charge is -2.13. The maximum absolute atomic E-state index is 13.4. The van der Waals surface area contributed by atoms with Gasteiger partial charge in [0.2, 0.25) is 0 Å². The van der Waals surface area contributed by atoms with Gasteiger partial charge in [-0.2, -0.15) is 5.10 Å². The van der Waals surface area contributed by atoms with Crippen LogP contribution in [0.4, 0.5) is 4.39 Å². The number of nitrogens with one attached hydrogen (secondary N) is 1. The normalized spacial score (nSPS) is 10.7. The number of hydrogen-bond donors (Lipinski definition) is 1. The average molecular weight is 473 g/mol. The molecule has 0 radical (unpaired) electrons. The second-order valence-electron chi connectivity index (χ2n) is 6.72. The molecule has 0 atom stereocenters. The lowest BCUT2D eigenvalue weighted by molar-refractivity contribution is 0.0954. The first-order chi connectivity index (χ1) is 15.9. The maximum Gasteiger partial charge on any atom is 0.271 e. The van der Waals surface area contributed by atoms with Gasteiger partial charge in [0.15, 0.2) is 23.0 Å². The third-order valence-electron chi connectivity index (χ3n) is 4.55. The molecule has 0 aliphatic carbocycles. The molecule has 0 fully saturated rings. The fourth-order valence-corrected chi connectivity index (χ4v) is 3.22. The van der Waals surface area contributed by atoms with Crippen molar-refractivity contribution >= 4 is 23.7 Å². The Kier molecular flexibility index (Phi) is 8.10. The molecule has 33 heavy (non-hydrogen) atoms. The number of nitrogens with zero attached hydrogens (tertiary/aromatic N) is 1. The lowest BCUT2D eigenvalue weighted by Crippen LogP contribution is -2.17. The van der Waals surface area contributed by atoms with E-state index >= 15 is 0 Å². The van der Waals surface area contributed by atoms with Gasteiger partial charge in [-0.3, -0.25) is 4.79 Å². The molecule has 172 valence electrons. The molecule has 0 spiro atoms. The minimum absolute atomic E-state index is 0.114. The highest BCUT2D eigenvalue weighted by atomic mass is 35.5. The summed E-state index contributed by atoms with van der Waals surface area (Å²) < 4.78 is 34.8. The second-order valence-corrected chi connectivity index (χ2v) is 7.13. The summed E-state index contributed by atoms with van der Waals surface area (Å²) in [7, 11) is 4.47. The Bertz CT molecular complexity index is 1170. The first-order valence-electron chi connectivity index (χ1n) is 9.75. The molecule has 0 aliphatic heterocycles. The summed E-state index contributed by atoms with van der Waals surface area (Å²) in [6.45, 7) is 0.114. The summed E-state index contributed by atoms with van der Waals surface area (Å²) in [5, 5.41) is 4.25. The maximum atomic E-state index is 13.4. The van der Waals surface area contributed by atoms with Gasteiger partial charge in [0.25, 0.3) is 5.91 Å². The molecule has 0 saturated heterocycles. The highest BCUT2D eigenvalue weighted by molar-refractivity contribution is 6.32. The van der Waals surface area contributed by atoms with E-state index in [0.29, 0.717) is 39.7 Å². The smallest absolute Gasteiger partial charge is 0.271 e. The highest BCUT2D eigenvalue weighted by Crippen LogP contribution is 2.36. The van der Waals surface area contributed by atoms with Gasteiger partial charge >= 0.3 is 0 Å². The summed E-state index contributed by atoms with van der Waals surface area (Å²) in [4.78, 5) is 12.4. The van der Waals surface area contributed by atoms with Crippen LogP contribution >= 0.6 is 11.6 Å². The SMILES string of the molecule is COc1ccc(C(=O)N/N=C/c2cc(Cl)c(OCc3cccc(F)c3)c(OC)c2)cc1OC. The summed E-state index contributed by atoms with van der Waals surface area (Å²) in [6, 6.07) is 14.1. The van der Waals surface area contributed by atoms with Crippen LogP contribution in [0.3, 0.4) is 0 Å². The van der Waals surface area contributed by atoms with Crippen LogP contribution in [0.25, 0.3) is 0 Å². The fourth-order valence-electron chi connectivity index (χ4n) is 2.94. The number of methoxy groups -OCH3 is 3. The summed E-state index contributed by atoms with van der Waals surface area (Å²) >= 11 is 6.36. The molecule has 9 heteroatoms. The van der Waals surface area contributed by atoms with Crippen LogP contribution in [-0.2, 0) is 6.61 Å². The Morgan fingerprint density at radius 2 is 1.76 bits per heavy atom. The van der Waals surface area contributed by atoms with E-state index in [0.717, 1.165) is 0 Å². The van der Waals surface area contributed by atoms with E-state index in [4.69, 9.17) is 30.5 Å². The number of hydrazone groups is 1. The highest BCUT2D eigenvalue weighted by Gasteiger charge is 2.13. The van der Waals surface area contributed by atoms with Crippen molar-refractivity contribution in [2.24, 2.45) is 5.10 Å². The van der Waals surface area contributed by atoms with Crippen LogP contribution in [0.2, 0.25) is 5.02 Å². The number of halogens is 2. The number of amides is 1. The van der Waals surface area contributed by atoms with Crippen molar-refractivity contribution in [3.63, 3.8) is 0 Å². The fraction of sp³-hybridized carbons (Fsp3) is 0.167. The Hall–Kier alpha value is -3.78. The predicted octanol–water partition coefficient (Wildman–Crippen LogP) is 4.85. The number of carbonyl (C=O) groups is 1. The third-order valence-corrected chi connectivity index (χ3v) is 4.83. The van der Waals surface area contributed by atoms with Crippen LogP contribution in [0.5, 0.6) is 23.0 Å². The van der Waals surface area contributed by atoms with E-state index < -0.39 is 5.91 Å². The molecule has 0 heterocycles. The van der Waals surface area contributed by atoms with Gasteiger partial charge in [0.05, 0.1) is 32.6 Å². The van der Waals surface area contributed by atoms with Crippen molar-refractivity contribution in [1.82, 2.24) is 5.43 Å². The van der Waals surface area contributed by atoms with E-state index in [9.17, 15) is 9.18 Å². The van der Waals surface area contributed by atoms with Gasteiger partial charge in [-0.05, 0) is 53.6 Å². The number of ether oxygens (including phenoxy) is 4. The average Bonchev–Trinajstić information content (AvgIpc) is 2.82. The molecule has 3 aromatic rings. The van der Waals surface area contributed by atoms with Crippen molar-refractivity contribution in [1.29, 1.82) is 0 Å². The zero-order valence-corrected chi connectivity index (χ0v) is 19.0. The molecule has 3 rings (SSSR count). The van der Waals surface area contributed by atoms with Crippen molar-refractivity contribution in [2.75, 3.05) is 21.3 Å². The number of rotatable bonds is 9. The largest absolute Gasteiger partial charge is 0.493 e. The second kappa shape index (κ2) is 11.2. The van der Waals surface area contributed by atoms with Gasteiger partial charge in [-0.25, -0.2) is 9.82 Å². The Morgan fingerprint density at radius 3 is 2.45 bits per heavy atom. The summed E-state index contributed by atoms with van der Waals surface area (Å²) in [5.41, 5.74) is 4.01. The van der Waals surface area contributed by atoms with Crippen LogP contribution < -0.4 is 24.4 Å². The predicted molar refractivity (Wildman–Crippen MR) is 123 cm³/mol. The first-order valence-corrected chi connectivity index (χ1v) is 10.1. The minimum Gasteiger partial charge on any atom is -0.493 e. The number of benzene rings is 3. The molecular weight excluding hydrogens is 451 g/mol. The molecule has 7 nitrogen and oxygen atoms in total. The van der Waals surface area contributed by atoms with Crippen LogP contribution in [0.15, 0.2) is 59.7 Å². The minimum atomic E-state index is -0.430. The topological polar surface area (TPSA) is 78.4 Å². The molecule has 0 aromatic heterocycles. The van der Waals surface area contributed by atoms with E-state index in [-0.39, 0.29) is 17.4 Å². The van der Waals surface area contributed by atoms with Crippen LogP contribution in [0, 0.1) is 5.82 Å². The zero-order chi connectivity index (χ0) is 23.8. The first kappa shape index (κ1) is 23.9. The lowest BCUT2D eigenvalue weighted by atomic mass is 10.2. The van der Waals surface area contributed by atoms with E-state index in [1.807, 2.05) is 0 Å². The molecule has 1 amide bonds. The van der Waals surface area contributed by atoms with Gasteiger partial charge in [0, 0.05) is 5.56 Å². The molecule has 1 N–H and O–H groups in total. The van der Waals surface area contributed by atoms with E-state index in [1.54, 1.807) is 42.5 Å². The third kappa shape index (κ3) is 6.14. The summed E-state index contributed by atoms with van der Waals surface area (Å²) in [6.07, 6.45) is 1.42. The molecule has 0 saturated carbocycles. The zero-order valence-electron chi connectivity index (χ0n) is 18.2. The van der Waals surface area contributed by atoms with Crippen molar-refractivity contribution in [3.05, 3.63) is 82.1 Å². The van der Waals surface area contributed by atoms with Gasteiger partial charge in [0.1, 0.15) is 12.4 Å². The Morgan fingerprint density at radius 1 is 1.00 bits per heavy atom. The standard InChI is InChI=1S/C24H22ClFN2O5/c1-30-20-8-7-17(12-21(20)31-2)24(29)28-27-13-16-10-19(25)23(22(11-16)32-3)33-14-15-5-4-6-18(26)9-15/h4-13H,14H2,1-3H3,(H,28,29)/b27-13+.